The highest BCUT2D eigenvalue weighted by atomic mass is 19.1. The van der Waals surface area contributed by atoms with E-state index in [1.807, 2.05) is 6.07 Å². The predicted molar refractivity (Wildman–Crippen MR) is 141 cm³/mol. The molecule has 12 nitrogen and oxygen atoms in total. The molecule has 3 aliphatic heterocycles. The first-order chi connectivity index (χ1) is 18.8. The molecule has 13 heteroatoms. The third-order valence-electron chi connectivity index (χ3n) is 8.04. The lowest BCUT2D eigenvalue weighted by Crippen LogP contribution is -2.55. The highest BCUT2D eigenvalue weighted by molar-refractivity contribution is 5.62. The second kappa shape index (κ2) is 10.3. The standard InChI is InChI=1S/C26H34FN9O3/c1-25(2)10-18(8-19-4-3-7-35(19)25)30-23-20(27)11-28-24(32-23)31-17-5-6-22(21(9-17)36-16-29-33-34-36)39-15-26(12-37)13-38-14-26/h5-6,9,11,16,18-19,37H,3-4,7-8,10,12-15H2,1-2H3,(H2,28,30,31,32)/t18-,19-/m1/s1. The number of nitrogens with one attached hydrogen (secondary N) is 2. The fourth-order valence-electron chi connectivity index (χ4n) is 5.98. The van der Waals surface area contributed by atoms with E-state index >= 15 is 0 Å². The largest absolute Gasteiger partial charge is 0.490 e. The number of fused-ring (bicyclic) bond motifs is 1. The topological polar surface area (TPSA) is 135 Å². The summed E-state index contributed by atoms with van der Waals surface area (Å²) in [5.74, 6) is 0.509. The van der Waals surface area contributed by atoms with E-state index in [1.165, 1.54) is 30.0 Å². The molecule has 0 unspecified atom stereocenters. The van der Waals surface area contributed by atoms with Gasteiger partial charge >= 0.3 is 0 Å². The van der Waals surface area contributed by atoms with Crippen molar-refractivity contribution in [3.8, 4) is 11.4 Å². The minimum atomic E-state index is -0.483. The Labute approximate surface area is 225 Å². The zero-order valence-electron chi connectivity index (χ0n) is 22.2. The highest BCUT2D eigenvalue weighted by Crippen LogP contribution is 2.39. The number of rotatable bonds is 9. The number of halogens is 1. The second-order valence-corrected chi connectivity index (χ2v) is 11.5. The number of nitrogens with zero attached hydrogens (tertiary/aromatic N) is 7. The van der Waals surface area contributed by atoms with Crippen molar-refractivity contribution in [2.75, 3.05) is 43.6 Å². The van der Waals surface area contributed by atoms with Crippen LogP contribution in [-0.2, 0) is 4.74 Å². The van der Waals surface area contributed by atoms with Crippen molar-refractivity contribution >= 4 is 17.5 Å². The van der Waals surface area contributed by atoms with Gasteiger partial charge in [0.05, 0.1) is 31.4 Å². The molecule has 0 aliphatic carbocycles. The van der Waals surface area contributed by atoms with Crippen LogP contribution in [0.3, 0.4) is 0 Å². The lowest BCUT2D eigenvalue weighted by Gasteiger charge is -2.47. The summed E-state index contributed by atoms with van der Waals surface area (Å²) in [6, 6.07) is 6.03. The zero-order valence-corrected chi connectivity index (χ0v) is 22.2. The van der Waals surface area contributed by atoms with Gasteiger partial charge in [0.1, 0.15) is 24.4 Å². The Bertz CT molecular complexity index is 1300. The van der Waals surface area contributed by atoms with Crippen LogP contribution < -0.4 is 15.4 Å². The number of tetrazole rings is 1. The van der Waals surface area contributed by atoms with Gasteiger partial charge in [0.2, 0.25) is 5.95 Å². The summed E-state index contributed by atoms with van der Waals surface area (Å²) in [5.41, 5.74) is 0.878. The third-order valence-corrected chi connectivity index (χ3v) is 8.04. The Morgan fingerprint density at radius 3 is 2.90 bits per heavy atom. The first kappa shape index (κ1) is 25.8. The van der Waals surface area contributed by atoms with Gasteiger partial charge in [-0.15, -0.1) is 5.10 Å². The van der Waals surface area contributed by atoms with Crippen LogP contribution in [-0.4, -0.2) is 90.8 Å². The number of benzene rings is 1. The van der Waals surface area contributed by atoms with Gasteiger partial charge in [0.25, 0.3) is 0 Å². The van der Waals surface area contributed by atoms with Crippen LogP contribution in [0.5, 0.6) is 5.75 Å². The Balaban J connectivity index is 1.19. The van der Waals surface area contributed by atoms with Crippen molar-refractivity contribution in [1.29, 1.82) is 0 Å². The van der Waals surface area contributed by atoms with Crippen molar-refractivity contribution in [3.63, 3.8) is 0 Å². The van der Waals surface area contributed by atoms with Gasteiger partial charge in [-0.1, -0.05) is 0 Å². The molecule has 0 spiro atoms. The molecule has 2 atom stereocenters. The molecule has 0 saturated carbocycles. The van der Waals surface area contributed by atoms with E-state index < -0.39 is 11.2 Å². The molecule has 3 saturated heterocycles. The van der Waals surface area contributed by atoms with E-state index in [2.05, 4.69) is 54.9 Å². The maximum atomic E-state index is 14.8. The predicted octanol–water partition coefficient (Wildman–Crippen LogP) is 2.54. The van der Waals surface area contributed by atoms with Crippen molar-refractivity contribution in [1.82, 2.24) is 35.1 Å². The molecule has 5 heterocycles. The maximum absolute atomic E-state index is 14.8. The third kappa shape index (κ3) is 5.25. The fourth-order valence-corrected chi connectivity index (χ4v) is 5.98. The molecule has 3 N–H and O–H groups in total. The minimum Gasteiger partial charge on any atom is -0.490 e. The number of aliphatic hydroxyl groups excluding tert-OH is 1. The lowest BCUT2D eigenvalue weighted by atomic mass is 9.84. The molecule has 6 rings (SSSR count). The summed E-state index contributed by atoms with van der Waals surface area (Å²) in [5, 5.41) is 27.7. The van der Waals surface area contributed by atoms with Gasteiger partial charge in [-0.25, -0.2) is 9.37 Å². The van der Waals surface area contributed by atoms with Gasteiger partial charge in [-0.2, -0.15) is 9.67 Å². The lowest BCUT2D eigenvalue weighted by molar-refractivity contribution is -0.153. The Kier molecular flexibility index (Phi) is 6.81. The molecular weight excluding hydrogens is 505 g/mol. The van der Waals surface area contributed by atoms with Crippen LogP contribution in [0.25, 0.3) is 5.69 Å². The van der Waals surface area contributed by atoms with Gasteiger partial charge in [0, 0.05) is 23.3 Å². The fraction of sp³-hybridized carbons (Fsp3) is 0.577. The van der Waals surface area contributed by atoms with Crippen LogP contribution in [0.2, 0.25) is 0 Å². The Morgan fingerprint density at radius 2 is 2.15 bits per heavy atom. The van der Waals surface area contributed by atoms with Gasteiger partial charge < -0.3 is 25.2 Å². The number of hydrogen-bond acceptors (Lipinski definition) is 11. The molecule has 0 radical (unpaired) electrons. The number of hydrogen-bond donors (Lipinski definition) is 3. The first-order valence-corrected chi connectivity index (χ1v) is 13.4. The van der Waals surface area contributed by atoms with E-state index in [1.54, 1.807) is 12.1 Å². The highest BCUT2D eigenvalue weighted by Gasteiger charge is 2.43. The normalized spacial score (nSPS) is 23.6. The van der Waals surface area contributed by atoms with E-state index in [4.69, 9.17) is 9.47 Å². The summed E-state index contributed by atoms with van der Waals surface area (Å²) in [7, 11) is 0. The Morgan fingerprint density at radius 1 is 1.28 bits per heavy atom. The molecule has 1 aromatic carbocycles. The number of aromatic nitrogens is 6. The molecule has 39 heavy (non-hydrogen) atoms. The first-order valence-electron chi connectivity index (χ1n) is 13.4. The van der Waals surface area contributed by atoms with Crippen molar-refractivity contribution in [3.05, 3.63) is 36.5 Å². The van der Waals surface area contributed by atoms with Crippen LogP contribution >= 0.6 is 0 Å². The van der Waals surface area contributed by atoms with Crippen molar-refractivity contribution in [2.45, 2.75) is 57.2 Å². The van der Waals surface area contributed by atoms with Crippen molar-refractivity contribution < 1.29 is 19.0 Å². The van der Waals surface area contributed by atoms with Crippen molar-refractivity contribution in [2.24, 2.45) is 5.41 Å². The van der Waals surface area contributed by atoms with Gasteiger partial charge in [0.15, 0.2) is 11.6 Å². The van der Waals surface area contributed by atoms with Crippen LogP contribution in [0.1, 0.15) is 39.5 Å². The second-order valence-electron chi connectivity index (χ2n) is 11.5. The Hall–Kier alpha value is -3.42. The monoisotopic (exact) mass is 539 g/mol. The molecule has 3 aromatic rings. The number of ether oxygens (including phenoxy) is 2. The van der Waals surface area contributed by atoms with E-state index in [0.717, 1.165) is 19.4 Å². The van der Waals surface area contributed by atoms with Gasteiger partial charge in [-0.05, 0) is 74.7 Å². The average molecular weight is 540 g/mol. The van der Waals surface area contributed by atoms with Crippen LogP contribution in [0.15, 0.2) is 30.7 Å². The smallest absolute Gasteiger partial charge is 0.229 e. The molecule has 0 bridgehead atoms. The summed E-state index contributed by atoms with van der Waals surface area (Å²) in [4.78, 5) is 11.2. The van der Waals surface area contributed by atoms with E-state index in [9.17, 15) is 9.50 Å². The summed E-state index contributed by atoms with van der Waals surface area (Å²) in [6.45, 7) is 6.81. The zero-order chi connectivity index (χ0) is 27.0. The molecule has 208 valence electrons. The summed E-state index contributed by atoms with van der Waals surface area (Å²) in [6.07, 6.45) is 6.92. The number of aliphatic hydroxyl groups is 1. The maximum Gasteiger partial charge on any atom is 0.229 e. The summed E-state index contributed by atoms with van der Waals surface area (Å²) < 4.78 is 27.6. The SMILES string of the molecule is CC1(C)C[C@H](Nc2nc(Nc3ccc(OCC4(CO)COC4)c(-n4cnnn4)c3)ncc2F)C[C@H]2CCCN21. The van der Waals surface area contributed by atoms with Crippen LogP contribution in [0, 0.1) is 11.2 Å². The molecule has 2 aromatic heterocycles. The van der Waals surface area contributed by atoms with Gasteiger partial charge in [-0.3, -0.25) is 4.90 Å². The van der Waals surface area contributed by atoms with E-state index in [-0.39, 0.29) is 36.6 Å². The minimum absolute atomic E-state index is 0.0254. The molecule has 0 amide bonds. The number of piperidine rings is 1. The molecule has 3 fully saturated rings. The number of anilines is 3. The molecular formula is C26H34FN9O3. The quantitative estimate of drug-likeness (QED) is 0.370. The molecule has 3 aliphatic rings. The van der Waals surface area contributed by atoms with E-state index in [0.29, 0.717) is 36.4 Å². The average Bonchev–Trinajstić information content (AvgIpc) is 3.59. The van der Waals surface area contributed by atoms with Crippen LogP contribution in [0.4, 0.5) is 21.8 Å². The summed E-state index contributed by atoms with van der Waals surface area (Å²) >= 11 is 0.